The number of nitrogens with zero attached hydrogens (tertiary/aromatic N) is 1. The Hall–Kier alpha value is -2.04. The standard InChI is InChI=1S/C16H23NO4/c1-5-16(3,4)17(12(2)14(18)19)15(20)21-11-13-9-7-6-8-10-13/h6-10,12H,5,11H2,1-4H3,(H,18,19). The Balaban J connectivity index is 2.83. The van der Waals surface area contributed by atoms with Gasteiger partial charge in [0.2, 0.25) is 0 Å². The van der Waals surface area contributed by atoms with E-state index < -0.39 is 23.6 Å². The molecule has 0 heterocycles. The monoisotopic (exact) mass is 293 g/mol. The minimum Gasteiger partial charge on any atom is -0.480 e. The van der Waals surface area contributed by atoms with Gasteiger partial charge in [0, 0.05) is 5.54 Å². The third-order valence-corrected chi connectivity index (χ3v) is 3.66. The van der Waals surface area contributed by atoms with Crippen LogP contribution in [0.3, 0.4) is 0 Å². The van der Waals surface area contributed by atoms with Gasteiger partial charge >= 0.3 is 12.1 Å². The number of rotatable bonds is 6. The highest BCUT2D eigenvalue weighted by molar-refractivity contribution is 5.80. The number of carbonyl (C=O) groups is 2. The van der Waals surface area contributed by atoms with Gasteiger partial charge in [0.25, 0.3) is 0 Å². The highest BCUT2D eigenvalue weighted by Gasteiger charge is 2.37. The quantitative estimate of drug-likeness (QED) is 0.874. The first-order valence-corrected chi connectivity index (χ1v) is 7.02. The average Bonchev–Trinajstić information content (AvgIpc) is 2.46. The van der Waals surface area contributed by atoms with Crippen molar-refractivity contribution in [2.75, 3.05) is 0 Å². The van der Waals surface area contributed by atoms with Crippen molar-refractivity contribution < 1.29 is 19.4 Å². The molecule has 116 valence electrons. The summed E-state index contributed by atoms with van der Waals surface area (Å²) < 4.78 is 5.27. The van der Waals surface area contributed by atoms with E-state index in [-0.39, 0.29) is 6.61 Å². The topological polar surface area (TPSA) is 66.8 Å². The van der Waals surface area contributed by atoms with Crippen molar-refractivity contribution in [1.29, 1.82) is 0 Å². The largest absolute Gasteiger partial charge is 0.480 e. The van der Waals surface area contributed by atoms with Crippen LogP contribution < -0.4 is 0 Å². The van der Waals surface area contributed by atoms with E-state index in [4.69, 9.17) is 4.74 Å². The molecule has 0 saturated heterocycles. The molecule has 1 N–H and O–H groups in total. The van der Waals surface area contributed by atoms with Gasteiger partial charge in [-0.15, -0.1) is 0 Å². The molecule has 0 radical (unpaired) electrons. The Bertz CT molecular complexity index is 484. The molecule has 0 saturated carbocycles. The van der Waals surface area contributed by atoms with Crippen LogP contribution in [0.25, 0.3) is 0 Å². The summed E-state index contributed by atoms with van der Waals surface area (Å²) in [7, 11) is 0. The zero-order valence-corrected chi connectivity index (χ0v) is 13.0. The van der Waals surface area contributed by atoms with Crippen molar-refractivity contribution in [3.05, 3.63) is 35.9 Å². The van der Waals surface area contributed by atoms with Gasteiger partial charge in [0.1, 0.15) is 12.6 Å². The van der Waals surface area contributed by atoms with E-state index in [0.717, 1.165) is 5.56 Å². The van der Waals surface area contributed by atoms with Crippen LogP contribution in [0.2, 0.25) is 0 Å². The molecule has 0 spiro atoms. The summed E-state index contributed by atoms with van der Waals surface area (Å²) in [5, 5.41) is 9.20. The number of carboxylic acids is 1. The lowest BCUT2D eigenvalue weighted by Crippen LogP contribution is -2.54. The van der Waals surface area contributed by atoms with E-state index in [1.807, 2.05) is 51.1 Å². The van der Waals surface area contributed by atoms with Crippen molar-refractivity contribution >= 4 is 12.1 Å². The van der Waals surface area contributed by atoms with Crippen LogP contribution in [0.5, 0.6) is 0 Å². The number of carbonyl (C=O) groups excluding carboxylic acids is 1. The van der Waals surface area contributed by atoms with Gasteiger partial charge in [-0.05, 0) is 32.8 Å². The fourth-order valence-corrected chi connectivity index (χ4v) is 2.00. The molecule has 0 aliphatic heterocycles. The zero-order valence-electron chi connectivity index (χ0n) is 13.0. The van der Waals surface area contributed by atoms with E-state index in [0.29, 0.717) is 6.42 Å². The molecule has 1 aromatic rings. The number of benzene rings is 1. The fourth-order valence-electron chi connectivity index (χ4n) is 2.00. The van der Waals surface area contributed by atoms with Gasteiger partial charge < -0.3 is 9.84 Å². The van der Waals surface area contributed by atoms with E-state index in [9.17, 15) is 14.7 Å². The van der Waals surface area contributed by atoms with E-state index in [1.165, 1.54) is 11.8 Å². The fraction of sp³-hybridized carbons (Fsp3) is 0.500. The Morgan fingerprint density at radius 3 is 2.33 bits per heavy atom. The molecule has 1 atom stereocenters. The van der Waals surface area contributed by atoms with Gasteiger partial charge in [-0.3, -0.25) is 4.90 Å². The molecular formula is C16H23NO4. The van der Waals surface area contributed by atoms with Crippen LogP contribution in [0.4, 0.5) is 4.79 Å². The summed E-state index contributed by atoms with van der Waals surface area (Å²) in [5.74, 6) is -1.05. The summed E-state index contributed by atoms with van der Waals surface area (Å²) >= 11 is 0. The van der Waals surface area contributed by atoms with Crippen LogP contribution >= 0.6 is 0 Å². The normalized spacial score (nSPS) is 12.6. The predicted molar refractivity (Wildman–Crippen MR) is 79.9 cm³/mol. The first-order valence-electron chi connectivity index (χ1n) is 7.02. The molecule has 0 aliphatic rings. The molecule has 21 heavy (non-hydrogen) atoms. The number of hydrogen-bond donors (Lipinski definition) is 1. The summed E-state index contributed by atoms with van der Waals surface area (Å²) in [6.07, 6.45) is 0.0195. The predicted octanol–water partition coefficient (Wildman–Crippen LogP) is 3.29. The van der Waals surface area contributed by atoms with Crippen LogP contribution in [0.15, 0.2) is 30.3 Å². The Labute approximate surface area is 125 Å². The second-order valence-electron chi connectivity index (χ2n) is 5.59. The van der Waals surface area contributed by atoms with Crippen molar-refractivity contribution in [3.63, 3.8) is 0 Å². The SMILES string of the molecule is CCC(C)(C)N(C(=O)OCc1ccccc1)C(C)C(=O)O. The molecule has 1 unspecified atom stereocenters. The molecule has 0 aromatic heterocycles. The maximum atomic E-state index is 12.3. The lowest BCUT2D eigenvalue weighted by atomic mass is 9.98. The Morgan fingerprint density at radius 1 is 1.29 bits per heavy atom. The smallest absolute Gasteiger partial charge is 0.411 e. The van der Waals surface area contributed by atoms with Gasteiger partial charge in [0.05, 0.1) is 0 Å². The van der Waals surface area contributed by atoms with E-state index in [2.05, 4.69) is 0 Å². The van der Waals surface area contributed by atoms with Crippen LogP contribution in [0.1, 0.15) is 39.7 Å². The van der Waals surface area contributed by atoms with Gasteiger partial charge in [-0.2, -0.15) is 0 Å². The lowest BCUT2D eigenvalue weighted by Gasteiger charge is -2.39. The summed E-state index contributed by atoms with van der Waals surface area (Å²) in [5.41, 5.74) is 0.272. The maximum absolute atomic E-state index is 12.3. The average molecular weight is 293 g/mol. The van der Waals surface area contributed by atoms with Crippen molar-refractivity contribution in [1.82, 2.24) is 4.90 Å². The lowest BCUT2D eigenvalue weighted by molar-refractivity contribution is -0.144. The Kier molecular flexibility index (Phi) is 5.76. The van der Waals surface area contributed by atoms with Gasteiger partial charge in [-0.25, -0.2) is 9.59 Å². The third kappa shape index (κ3) is 4.48. The van der Waals surface area contributed by atoms with Crippen molar-refractivity contribution in [3.8, 4) is 0 Å². The summed E-state index contributed by atoms with van der Waals surface area (Å²) in [4.78, 5) is 24.8. The zero-order chi connectivity index (χ0) is 16.0. The molecule has 5 nitrogen and oxygen atoms in total. The second-order valence-corrected chi connectivity index (χ2v) is 5.59. The number of amides is 1. The van der Waals surface area contributed by atoms with E-state index >= 15 is 0 Å². The number of aliphatic carboxylic acids is 1. The Morgan fingerprint density at radius 2 is 1.86 bits per heavy atom. The molecule has 5 heteroatoms. The molecular weight excluding hydrogens is 270 g/mol. The summed E-state index contributed by atoms with van der Waals surface area (Å²) in [6.45, 7) is 7.18. The first kappa shape index (κ1) is 17.0. The molecule has 0 bridgehead atoms. The number of hydrogen-bond acceptors (Lipinski definition) is 3. The minimum absolute atomic E-state index is 0.127. The van der Waals surface area contributed by atoms with Gasteiger partial charge in [0.15, 0.2) is 0 Å². The highest BCUT2D eigenvalue weighted by atomic mass is 16.6. The third-order valence-electron chi connectivity index (χ3n) is 3.66. The minimum atomic E-state index is -1.05. The number of ether oxygens (including phenoxy) is 1. The van der Waals surface area contributed by atoms with Crippen LogP contribution in [-0.4, -0.2) is 33.6 Å². The van der Waals surface area contributed by atoms with Gasteiger partial charge in [-0.1, -0.05) is 37.3 Å². The molecule has 0 aliphatic carbocycles. The summed E-state index contributed by atoms with van der Waals surface area (Å²) in [6, 6.07) is 8.35. The second kappa shape index (κ2) is 7.11. The molecule has 1 aromatic carbocycles. The van der Waals surface area contributed by atoms with E-state index in [1.54, 1.807) is 0 Å². The van der Waals surface area contributed by atoms with Crippen LogP contribution in [-0.2, 0) is 16.1 Å². The van der Waals surface area contributed by atoms with Crippen molar-refractivity contribution in [2.45, 2.75) is 52.3 Å². The first-order chi connectivity index (χ1) is 9.79. The number of carboxylic acid groups (broad SMARTS) is 1. The molecule has 0 fully saturated rings. The van der Waals surface area contributed by atoms with Crippen LogP contribution in [0, 0.1) is 0 Å². The maximum Gasteiger partial charge on any atom is 0.411 e. The molecule has 1 rings (SSSR count). The highest BCUT2D eigenvalue weighted by Crippen LogP contribution is 2.23. The molecule has 1 amide bonds. The van der Waals surface area contributed by atoms with Crippen molar-refractivity contribution in [2.24, 2.45) is 0 Å².